The second kappa shape index (κ2) is 6.41. The summed E-state index contributed by atoms with van der Waals surface area (Å²) in [6.07, 6.45) is 6.76. The van der Waals surface area contributed by atoms with Crippen LogP contribution in [-0.2, 0) is 0 Å². The van der Waals surface area contributed by atoms with Crippen molar-refractivity contribution in [3.05, 3.63) is 12.2 Å². The van der Waals surface area contributed by atoms with Gasteiger partial charge in [0.25, 0.3) is 0 Å². The fourth-order valence-electron chi connectivity index (χ4n) is 1.17. The zero-order valence-electron chi connectivity index (χ0n) is 8.22. The second-order valence-corrected chi connectivity index (χ2v) is 3.37. The van der Waals surface area contributed by atoms with Crippen LogP contribution in [0.1, 0.15) is 40.5 Å². The van der Waals surface area contributed by atoms with Gasteiger partial charge in [0.05, 0.1) is 0 Å². The molecule has 0 spiro atoms. The lowest BCUT2D eigenvalue weighted by Crippen LogP contribution is -2.32. The van der Waals surface area contributed by atoms with E-state index in [4.69, 9.17) is 0 Å². The lowest BCUT2D eigenvalue weighted by atomic mass is 10.1. The van der Waals surface area contributed by atoms with Gasteiger partial charge in [-0.3, -0.25) is 0 Å². The molecule has 0 aliphatic rings. The van der Waals surface area contributed by atoms with Gasteiger partial charge in [-0.1, -0.05) is 26.0 Å². The maximum atomic E-state index is 3.47. The van der Waals surface area contributed by atoms with Crippen LogP contribution in [0.3, 0.4) is 0 Å². The smallest absolute Gasteiger partial charge is 0.00440 e. The first-order valence-electron chi connectivity index (χ1n) is 4.54. The number of hydrogen-bond donors (Lipinski definition) is 1. The van der Waals surface area contributed by atoms with Gasteiger partial charge in [-0.15, -0.1) is 0 Å². The largest absolute Gasteiger partial charge is 0.312 e. The summed E-state index contributed by atoms with van der Waals surface area (Å²) in [6, 6.07) is 1.25. The molecule has 0 aromatic rings. The van der Waals surface area contributed by atoms with Crippen LogP contribution in [-0.4, -0.2) is 12.1 Å². The molecular weight excluding hydrogens is 134 g/mol. The number of rotatable bonds is 5. The summed E-state index contributed by atoms with van der Waals surface area (Å²) in [4.78, 5) is 0. The van der Waals surface area contributed by atoms with Gasteiger partial charge >= 0.3 is 0 Å². The van der Waals surface area contributed by atoms with Crippen molar-refractivity contribution in [3.8, 4) is 0 Å². The molecule has 0 heterocycles. The van der Waals surface area contributed by atoms with E-state index in [9.17, 15) is 0 Å². The fraction of sp³-hybridized carbons (Fsp3) is 0.800. The molecule has 0 saturated carbocycles. The summed E-state index contributed by atoms with van der Waals surface area (Å²) in [5.74, 6) is 0. The zero-order chi connectivity index (χ0) is 8.69. The molecule has 66 valence electrons. The summed E-state index contributed by atoms with van der Waals surface area (Å²) in [5.41, 5.74) is 0. The highest BCUT2D eigenvalue weighted by Gasteiger charge is 2.00. The van der Waals surface area contributed by atoms with Crippen molar-refractivity contribution in [2.24, 2.45) is 0 Å². The second-order valence-electron chi connectivity index (χ2n) is 3.37. The first kappa shape index (κ1) is 10.7. The predicted octanol–water partition coefficient (Wildman–Crippen LogP) is 2.73. The van der Waals surface area contributed by atoms with E-state index in [1.165, 1.54) is 12.8 Å². The number of hydrogen-bond acceptors (Lipinski definition) is 1. The molecular formula is C10H21N. The van der Waals surface area contributed by atoms with Crippen molar-refractivity contribution < 1.29 is 0 Å². The Balaban J connectivity index is 3.29. The Hall–Kier alpha value is -0.300. The highest BCUT2D eigenvalue weighted by Crippen LogP contribution is 1.98. The monoisotopic (exact) mass is 155 g/mol. The van der Waals surface area contributed by atoms with Crippen molar-refractivity contribution in [1.82, 2.24) is 5.32 Å². The molecule has 0 aromatic heterocycles. The van der Waals surface area contributed by atoms with Crippen LogP contribution in [0.2, 0.25) is 0 Å². The molecule has 0 aromatic carbocycles. The molecule has 0 bridgehead atoms. The SMILES string of the molecule is CC=CCCC(C)NC(C)C. The summed E-state index contributed by atoms with van der Waals surface area (Å²) >= 11 is 0. The van der Waals surface area contributed by atoms with E-state index < -0.39 is 0 Å². The van der Waals surface area contributed by atoms with Crippen LogP contribution in [0.25, 0.3) is 0 Å². The van der Waals surface area contributed by atoms with Crippen LogP contribution in [0.15, 0.2) is 12.2 Å². The van der Waals surface area contributed by atoms with Gasteiger partial charge in [-0.25, -0.2) is 0 Å². The van der Waals surface area contributed by atoms with Crippen LogP contribution < -0.4 is 5.32 Å². The van der Waals surface area contributed by atoms with E-state index >= 15 is 0 Å². The van der Waals surface area contributed by atoms with E-state index in [1.54, 1.807) is 0 Å². The van der Waals surface area contributed by atoms with Crippen molar-refractivity contribution in [2.45, 2.75) is 52.6 Å². The average Bonchev–Trinajstić information content (AvgIpc) is 1.86. The zero-order valence-corrected chi connectivity index (χ0v) is 8.22. The van der Waals surface area contributed by atoms with E-state index in [0.717, 1.165) is 0 Å². The molecule has 0 saturated heterocycles. The first-order chi connectivity index (χ1) is 5.16. The number of allylic oxidation sites excluding steroid dienone is 2. The van der Waals surface area contributed by atoms with Crippen LogP contribution >= 0.6 is 0 Å². The molecule has 1 unspecified atom stereocenters. The molecule has 0 radical (unpaired) electrons. The Kier molecular flexibility index (Phi) is 6.24. The third-order valence-corrected chi connectivity index (χ3v) is 1.62. The molecule has 0 amide bonds. The van der Waals surface area contributed by atoms with Gasteiger partial charge in [-0.05, 0) is 26.7 Å². The first-order valence-corrected chi connectivity index (χ1v) is 4.54. The van der Waals surface area contributed by atoms with Crippen LogP contribution in [0.5, 0.6) is 0 Å². The van der Waals surface area contributed by atoms with E-state index in [0.29, 0.717) is 12.1 Å². The third-order valence-electron chi connectivity index (χ3n) is 1.62. The molecule has 0 aliphatic carbocycles. The molecule has 1 heteroatoms. The maximum Gasteiger partial charge on any atom is 0.00440 e. The van der Waals surface area contributed by atoms with Gasteiger partial charge in [-0.2, -0.15) is 0 Å². The van der Waals surface area contributed by atoms with Gasteiger partial charge in [0.2, 0.25) is 0 Å². The lowest BCUT2D eigenvalue weighted by Gasteiger charge is -2.15. The maximum absolute atomic E-state index is 3.47. The molecule has 1 atom stereocenters. The minimum atomic E-state index is 0.607. The van der Waals surface area contributed by atoms with Crippen molar-refractivity contribution in [2.75, 3.05) is 0 Å². The molecule has 0 rings (SSSR count). The van der Waals surface area contributed by atoms with E-state index in [2.05, 4.69) is 45.2 Å². The molecule has 1 nitrogen and oxygen atoms in total. The topological polar surface area (TPSA) is 12.0 Å². The van der Waals surface area contributed by atoms with Crippen LogP contribution in [0.4, 0.5) is 0 Å². The van der Waals surface area contributed by atoms with E-state index in [1.807, 2.05) is 0 Å². The Morgan fingerprint density at radius 1 is 1.27 bits per heavy atom. The van der Waals surface area contributed by atoms with Crippen LogP contribution in [0, 0.1) is 0 Å². The quantitative estimate of drug-likeness (QED) is 0.602. The third kappa shape index (κ3) is 7.60. The predicted molar refractivity (Wildman–Crippen MR) is 51.8 cm³/mol. The number of nitrogens with one attached hydrogen (secondary N) is 1. The Morgan fingerprint density at radius 2 is 1.91 bits per heavy atom. The standard InChI is InChI=1S/C10H21N/c1-5-6-7-8-10(4)11-9(2)3/h5-6,9-11H,7-8H2,1-4H3. The van der Waals surface area contributed by atoms with Gasteiger partial charge in [0, 0.05) is 12.1 Å². The highest BCUT2D eigenvalue weighted by atomic mass is 14.9. The molecule has 0 aliphatic heterocycles. The summed E-state index contributed by atoms with van der Waals surface area (Å²) < 4.78 is 0. The molecule has 1 N–H and O–H groups in total. The highest BCUT2D eigenvalue weighted by molar-refractivity contribution is 4.78. The minimum absolute atomic E-state index is 0.607. The molecule has 0 fully saturated rings. The minimum Gasteiger partial charge on any atom is -0.312 e. The summed E-state index contributed by atoms with van der Waals surface area (Å²) in [6.45, 7) is 8.68. The van der Waals surface area contributed by atoms with Gasteiger partial charge < -0.3 is 5.32 Å². The lowest BCUT2D eigenvalue weighted by molar-refractivity contribution is 0.468. The van der Waals surface area contributed by atoms with Crippen molar-refractivity contribution in [1.29, 1.82) is 0 Å². The normalized spacial score (nSPS) is 14.6. The van der Waals surface area contributed by atoms with Crippen molar-refractivity contribution in [3.63, 3.8) is 0 Å². The average molecular weight is 155 g/mol. The summed E-state index contributed by atoms with van der Waals surface area (Å²) in [5, 5.41) is 3.47. The Morgan fingerprint density at radius 3 is 2.36 bits per heavy atom. The fourth-order valence-corrected chi connectivity index (χ4v) is 1.17. The summed E-state index contributed by atoms with van der Waals surface area (Å²) in [7, 11) is 0. The Bertz CT molecular complexity index is 105. The van der Waals surface area contributed by atoms with Gasteiger partial charge in [0.1, 0.15) is 0 Å². The van der Waals surface area contributed by atoms with Gasteiger partial charge in [0.15, 0.2) is 0 Å². The Labute approximate surface area is 70.9 Å². The van der Waals surface area contributed by atoms with E-state index in [-0.39, 0.29) is 0 Å². The molecule has 11 heavy (non-hydrogen) atoms. The van der Waals surface area contributed by atoms with Crippen molar-refractivity contribution >= 4 is 0 Å².